The summed E-state index contributed by atoms with van der Waals surface area (Å²) in [4.78, 5) is 16.2. The summed E-state index contributed by atoms with van der Waals surface area (Å²) in [5.74, 6) is 0.670. The minimum absolute atomic E-state index is 0.0638. The summed E-state index contributed by atoms with van der Waals surface area (Å²) in [7, 11) is 1.63. The molecule has 0 aliphatic heterocycles. The number of carbonyl (C=O) groups is 1. The fraction of sp³-hybridized carbons (Fsp3) is 0.250. The molecule has 0 bridgehead atoms. The second-order valence-corrected chi connectivity index (χ2v) is 5.86. The molecule has 0 spiro atoms. The Labute approximate surface area is 148 Å². The number of ether oxygens (including phenoxy) is 1. The van der Waals surface area contributed by atoms with E-state index in [2.05, 4.69) is 24.1 Å². The summed E-state index contributed by atoms with van der Waals surface area (Å²) >= 11 is 0. The van der Waals surface area contributed by atoms with E-state index in [1.165, 1.54) is 0 Å². The third kappa shape index (κ3) is 4.92. The summed E-state index contributed by atoms with van der Waals surface area (Å²) in [6.45, 7) is 4.48. The molecule has 0 aliphatic rings. The lowest BCUT2D eigenvalue weighted by atomic mass is 9.98. The van der Waals surface area contributed by atoms with Gasteiger partial charge < -0.3 is 10.1 Å². The Morgan fingerprint density at radius 1 is 1.32 bits per heavy atom. The molecule has 1 amide bonds. The smallest absolute Gasteiger partial charge is 0.262 e. The van der Waals surface area contributed by atoms with Crippen molar-refractivity contribution in [2.45, 2.75) is 26.3 Å². The average Bonchev–Trinajstić information content (AvgIpc) is 2.64. The Hall–Kier alpha value is -3.13. The largest absolute Gasteiger partial charge is 0.496 e. The highest BCUT2D eigenvalue weighted by Crippen LogP contribution is 2.28. The summed E-state index contributed by atoms with van der Waals surface area (Å²) in [5.41, 5.74) is 2.81. The molecule has 1 heterocycles. The maximum absolute atomic E-state index is 12.3. The first-order valence-corrected chi connectivity index (χ1v) is 8.02. The third-order valence-electron chi connectivity index (χ3n) is 3.75. The standard InChI is InChI=1S/C20H21N3O2/c1-14(2)18-11-16(4-5-19(18)25-3)10-17(12-21)20(24)23-13-15-6-8-22-9-7-15/h4-11,14H,13H2,1-3H3,(H,23,24)/b17-10+. The van der Waals surface area contributed by atoms with Crippen LogP contribution in [0.5, 0.6) is 5.75 Å². The fourth-order valence-corrected chi connectivity index (χ4v) is 2.39. The van der Waals surface area contributed by atoms with Gasteiger partial charge in [-0.1, -0.05) is 19.9 Å². The first kappa shape index (κ1) is 18.2. The van der Waals surface area contributed by atoms with Gasteiger partial charge in [0.05, 0.1) is 7.11 Å². The van der Waals surface area contributed by atoms with Gasteiger partial charge in [-0.15, -0.1) is 0 Å². The maximum Gasteiger partial charge on any atom is 0.262 e. The van der Waals surface area contributed by atoms with Crippen LogP contribution in [0.25, 0.3) is 6.08 Å². The maximum atomic E-state index is 12.3. The summed E-state index contributed by atoms with van der Waals surface area (Å²) in [6.07, 6.45) is 4.91. The Kier molecular flexibility index (Phi) is 6.30. The molecule has 25 heavy (non-hydrogen) atoms. The SMILES string of the molecule is COc1ccc(/C=C(\C#N)C(=O)NCc2ccncc2)cc1C(C)C. The van der Waals surface area contributed by atoms with Gasteiger partial charge in [-0.2, -0.15) is 5.26 Å². The molecule has 0 atom stereocenters. The van der Waals surface area contributed by atoms with Gasteiger partial charge in [0.2, 0.25) is 0 Å². The van der Waals surface area contributed by atoms with Crippen molar-refractivity contribution in [1.29, 1.82) is 5.26 Å². The van der Waals surface area contributed by atoms with Gasteiger partial charge in [0.1, 0.15) is 17.4 Å². The van der Waals surface area contributed by atoms with E-state index in [0.29, 0.717) is 6.54 Å². The Balaban J connectivity index is 2.17. The molecule has 0 saturated heterocycles. The molecular formula is C20H21N3O2. The monoisotopic (exact) mass is 335 g/mol. The molecule has 2 rings (SSSR count). The van der Waals surface area contributed by atoms with Crippen molar-refractivity contribution in [3.63, 3.8) is 0 Å². The topological polar surface area (TPSA) is 75.0 Å². The summed E-state index contributed by atoms with van der Waals surface area (Å²) in [6, 6.07) is 11.2. The van der Waals surface area contributed by atoms with Crippen molar-refractivity contribution in [3.05, 3.63) is 65.0 Å². The molecule has 0 radical (unpaired) electrons. The normalized spacial score (nSPS) is 11.1. The zero-order valence-corrected chi connectivity index (χ0v) is 14.6. The minimum Gasteiger partial charge on any atom is -0.496 e. The molecule has 5 nitrogen and oxygen atoms in total. The second-order valence-electron chi connectivity index (χ2n) is 5.86. The number of nitrogens with one attached hydrogen (secondary N) is 1. The van der Waals surface area contributed by atoms with Gasteiger partial charge in [-0.3, -0.25) is 9.78 Å². The number of nitrogens with zero attached hydrogens (tertiary/aromatic N) is 2. The van der Waals surface area contributed by atoms with Crippen LogP contribution in [-0.4, -0.2) is 18.0 Å². The molecule has 1 aromatic carbocycles. The lowest BCUT2D eigenvalue weighted by molar-refractivity contribution is -0.117. The quantitative estimate of drug-likeness (QED) is 0.648. The first-order chi connectivity index (χ1) is 12.0. The predicted octanol–water partition coefficient (Wildman–Crippen LogP) is 3.44. The van der Waals surface area contributed by atoms with Crippen molar-refractivity contribution < 1.29 is 9.53 Å². The lowest BCUT2D eigenvalue weighted by Gasteiger charge is -2.12. The van der Waals surface area contributed by atoms with E-state index in [1.54, 1.807) is 25.6 Å². The van der Waals surface area contributed by atoms with E-state index >= 15 is 0 Å². The third-order valence-corrected chi connectivity index (χ3v) is 3.75. The van der Waals surface area contributed by atoms with Crippen LogP contribution >= 0.6 is 0 Å². The van der Waals surface area contributed by atoms with Crippen molar-refractivity contribution in [2.75, 3.05) is 7.11 Å². The number of aromatic nitrogens is 1. The number of benzene rings is 1. The van der Waals surface area contributed by atoms with E-state index in [9.17, 15) is 10.1 Å². The number of carbonyl (C=O) groups excluding carboxylic acids is 1. The number of rotatable bonds is 6. The van der Waals surface area contributed by atoms with Gasteiger partial charge >= 0.3 is 0 Å². The highest BCUT2D eigenvalue weighted by atomic mass is 16.5. The number of amides is 1. The summed E-state index contributed by atoms with van der Waals surface area (Å²) in [5, 5.41) is 12.1. The molecule has 1 N–H and O–H groups in total. The molecule has 128 valence electrons. The van der Waals surface area contributed by atoms with Crippen LogP contribution in [0.4, 0.5) is 0 Å². The average molecular weight is 335 g/mol. The minimum atomic E-state index is -0.402. The van der Waals surface area contributed by atoms with E-state index in [-0.39, 0.29) is 11.5 Å². The number of pyridine rings is 1. The van der Waals surface area contributed by atoms with Crippen LogP contribution in [0, 0.1) is 11.3 Å². The van der Waals surface area contributed by atoms with Gasteiger partial charge in [-0.25, -0.2) is 0 Å². The second kappa shape index (κ2) is 8.65. The van der Waals surface area contributed by atoms with Crippen molar-refractivity contribution >= 4 is 12.0 Å². The predicted molar refractivity (Wildman–Crippen MR) is 96.8 cm³/mol. The highest BCUT2D eigenvalue weighted by Gasteiger charge is 2.11. The van der Waals surface area contributed by atoms with Gasteiger partial charge in [0.25, 0.3) is 5.91 Å². The van der Waals surface area contributed by atoms with Gasteiger partial charge in [0.15, 0.2) is 0 Å². The number of hydrogen-bond acceptors (Lipinski definition) is 4. The molecule has 0 unspecified atom stereocenters. The number of methoxy groups -OCH3 is 1. The number of nitriles is 1. The van der Waals surface area contributed by atoms with Crippen LogP contribution < -0.4 is 10.1 Å². The Morgan fingerprint density at radius 2 is 2.04 bits per heavy atom. The molecule has 0 saturated carbocycles. The molecule has 2 aromatic rings. The highest BCUT2D eigenvalue weighted by molar-refractivity contribution is 6.01. The zero-order chi connectivity index (χ0) is 18.2. The van der Waals surface area contributed by atoms with Crippen LogP contribution in [-0.2, 0) is 11.3 Å². The van der Waals surface area contributed by atoms with E-state index in [4.69, 9.17) is 4.74 Å². The van der Waals surface area contributed by atoms with Crippen molar-refractivity contribution in [1.82, 2.24) is 10.3 Å². The van der Waals surface area contributed by atoms with Crippen molar-refractivity contribution in [3.8, 4) is 11.8 Å². The molecule has 5 heteroatoms. The van der Waals surface area contributed by atoms with E-state index in [0.717, 1.165) is 22.4 Å². The van der Waals surface area contributed by atoms with Crippen molar-refractivity contribution in [2.24, 2.45) is 0 Å². The molecular weight excluding hydrogens is 314 g/mol. The van der Waals surface area contributed by atoms with Gasteiger partial charge in [0, 0.05) is 18.9 Å². The van der Waals surface area contributed by atoms with Crippen LogP contribution in [0.3, 0.4) is 0 Å². The Morgan fingerprint density at radius 3 is 2.64 bits per heavy atom. The molecule has 0 aliphatic carbocycles. The lowest BCUT2D eigenvalue weighted by Crippen LogP contribution is -2.23. The van der Waals surface area contributed by atoms with E-state index in [1.807, 2.05) is 36.4 Å². The van der Waals surface area contributed by atoms with Gasteiger partial charge in [-0.05, 0) is 52.9 Å². The van der Waals surface area contributed by atoms with Crippen LogP contribution in [0.15, 0.2) is 48.3 Å². The first-order valence-electron chi connectivity index (χ1n) is 8.02. The fourth-order valence-electron chi connectivity index (χ4n) is 2.39. The number of hydrogen-bond donors (Lipinski definition) is 1. The summed E-state index contributed by atoms with van der Waals surface area (Å²) < 4.78 is 5.36. The van der Waals surface area contributed by atoms with E-state index < -0.39 is 5.91 Å². The zero-order valence-electron chi connectivity index (χ0n) is 14.6. The molecule has 0 fully saturated rings. The van der Waals surface area contributed by atoms with Crippen LogP contribution in [0.1, 0.15) is 36.5 Å². The van der Waals surface area contributed by atoms with Crippen LogP contribution in [0.2, 0.25) is 0 Å². The Bertz CT molecular complexity index is 805. The molecule has 1 aromatic heterocycles.